The average Bonchev–Trinajstić information content (AvgIpc) is 2.95. The van der Waals surface area contributed by atoms with E-state index < -0.39 is 5.54 Å². The van der Waals surface area contributed by atoms with Gasteiger partial charge in [0.25, 0.3) is 0 Å². The molecular weight excluding hydrogens is 591 g/mol. The fourth-order valence-corrected chi connectivity index (χ4v) is 5.31. The molecule has 0 aliphatic carbocycles. The Hall–Kier alpha value is -3.55. The highest BCUT2D eigenvalue weighted by molar-refractivity contribution is 14.1. The molecule has 0 radical (unpaired) electrons. The standard InChI is InChI=1S/C31H28ClIN4/c1-23-29(32)18-24(22-37(23)30(33)20-35)25(19-34)21-36(2)31(26-12-6-3-7-13-26,27-14-8-4-9-15-27)28-16-10-5-11-17-28/h3-22,34H,1,35H2,2H3/b25-21+,30-20-,34-19?. The number of hydrogen-bond acceptors (Lipinski definition) is 4. The van der Waals surface area contributed by atoms with E-state index in [1.807, 2.05) is 48.6 Å². The van der Waals surface area contributed by atoms with Crippen LogP contribution in [0.1, 0.15) is 16.7 Å². The van der Waals surface area contributed by atoms with Crippen molar-refractivity contribution in [1.82, 2.24) is 9.80 Å². The highest BCUT2D eigenvalue weighted by Gasteiger charge is 2.39. The largest absolute Gasteiger partial charge is 0.403 e. The Morgan fingerprint density at radius 1 is 0.946 bits per heavy atom. The molecule has 1 heterocycles. The fourth-order valence-electron chi connectivity index (χ4n) is 4.67. The predicted molar refractivity (Wildman–Crippen MR) is 163 cm³/mol. The Morgan fingerprint density at radius 2 is 1.41 bits per heavy atom. The van der Waals surface area contributed by atoms with Gasteiger partial charge in [-0.2, -0.15) is 0 Å². The summed E-state index contributed by atoms with van der Waals surface area (Å²) in [5.74, 6) is 0. The van der Waals surface area contributed by atoms with Crippen molar-refractivity contribution in [3.63, 3.8) is 0 Å². The topological polar surface area (TPSA) is 56.4 Å². The normalized spacial score (nSPS) is 14.7. The monoisotopic (exact) mass is 618 g/mol. The molecule has 3 aromatic carbocycles. The summed E-state index contributed by atoms with van der Waals surface area (Å²) in [6.07, 6.45) is 8.58. The molecule has 0 saturated carbocycles. The van der Waals surface area contributed by atoms with Gasteiger partial charge in [0.15, 0.2) is 0 Å². The first-order valence-corrected chi connectivity index (χ1v) is 13.2. The lowest BCUT2D eigenvalue weighted by Crippen LogP contribution is -2.43. The molecule has 0 unspecified atom stereocenters. The minimum absolute atomic E-state index is 0.490. The van der Waals surface area contributed by atoms with Crippen molar-refractivity contribution in [3.8, 4) is 0 Å². The van der Waals surface area contributed by atoms with Gasteiger partial charge in [0, 0.05) is 43.0 Å². The molecule has 1 aliphatic rings. The summed E-state index contributed by atoms with van der Waals surface area (Å²) in [6.45, 7) is 4.08. The van der Waals surface area contributed by atoms with Crippen LogP contribution in [0, 0.1) is 5.41 Å². The molecule has 0 bridgehead atoms. The molecule has 0 saturated heterocycles. The first-order valence-electron chi connectivity index (χ1n) is 11.7. The quantitative estimate of drug-likeness (QED) is 0.119. The fraction of sp³-hybridized carbons (Fsp3) is 0.0645. The van der Waals surface area contributed by atoms with Crippen molar-refractivity contribution in [2.24, 2.45) is 5.73 Å². The summed E-state index contributed by atoms with van der Waals surface area (Å²) < 4.78 is 0.760. The van der Waals surface area contributed by atoms with Crippen LogP contribution in [0.15, 0.2) is 148 Å². The molecule has 4 rings (SSSR count). The van der Waals surface area contributed by atoms with Crippen LogP contribution in [0.4, 0.5) is 0 Å². The van der Waals surface area contributed by atoms with Gasteiger partial charge in [-0.1, -0.05) is 109 Å². The molecule has 0 aromatic heterocycles. The van der Waals surface area contributed by atoms with Crippen molar-refractivity contribution in [2.45, 2.75) is 5.54 Å². The minimum atomic E-state index is -0.657. The molecule has 0 atom stereocenters. The van der Waals surface area contributed by atoms with Gasteiger partial charge in [0.2, 0.25) is 0 Å². The van der Waals surface area contributed by atoms with Crippen LogP contribution in [0.5, 0.6) is 0 Å². The molecule has 4 nitrogen and oxygen atoms in total. The van der Waals surface area contributed by atoms with Crippen molar-refractivity contribution >= 4 is 40.4 Å². The van der Waals surface area contributed by atoms with Crippen LogP contribution < -0.4 is 5.73 Å². The third-order valence-corrected chi connectivity index (χ3v) is 7.62. The highest BCUT2D eigenvalue weighted by atomic mass is 127. The average molecular weight is 619 g/mol. The number of rotatable bonds is 8. The zero-order chi connectivity index (χ0) is 26.4. The van der Waals surface area contributed by atoms with Crippen molar-refractivity contribution in [3.05, 3.63) is 165 Å². The lowest BCUT2D eigenvalue weighted by Gasteiger charge is -2.43. The van der Waals surface area contributed by atoms with E-state index in [1.54, 1.807) is 0 Å². The second-order valence-corrected chi connectivity index (χ2v) is 10.0. The summed E-state index contributed by atoms with van der Waals surface area (Å²) in [5.41, 5.74) is 10.5. The minimum Gasteiger partial charge on any atom is -0.403 e. The van der Waals surface area contributed by atoms with E-state index in [1.165, 1.54) is 12.4 Å². The van der Waals surface area contributed by atoms with E-state index in [2.05, 4.69) is 107 Å². The maximum Gasteiger partial charge on any atom is 0.116 e. The zero-order valence-electron chi connectivity index (χ0n) is 20.5. The molecule has 37 heavy (non-hydrogen) atoms. The van der Waals surface area contributed by atoms with Crippen LogP contribution in [0.2, 0.25) is 0 Å². The van der Waals surface area contributed by atoms with Crippen LogP contribution in [0.3, 0.4) is 0 Å². The number of benzene rings is 3. The van der Waals surface area contributed by atoms with Crippen LogP contribution in [-0.4, -0.2) is 23.1 Å². The molecular formula is C31H28ClIN4. The molecule has 0 spiro atoms. The first-order chi connectivity index (χ1) is 17.9. The smallest absolute Gasteiger partial charge is 0.116 e. The lowest BCUT2D eigenvalue weighted by molar-refractivity contribution is 0.280. The van der Waals surface area contributed by atoms with Gasteiger partial charge in [0.1, 0.15) is 9.24 Å². The van der Waals surface area contributed by atoms with Gasteiger partial charge >= 0.3 is 0 Å². The molecule has 6 heteroatoms. The Bertz CT molecular complexity index is 1300. The van der Waals surface area contributed by atoms with E-state index in [9.17, 15) is 0 Å². The number of nitrogens with one attached hydrogen (secondary N) is 1. The van der Waals surface area contributed by atoms with Crippen LogP contribution in [-0.2, 0) is 5.54 Å². The maximum atomic E-state index is 8.33. The molecule has 3 aromatic rings. The highest BCUT2D eigenvalue weighted by Crippen LogP contribution is 2.42. The molecule has 0 fully saturated rings. The number of nitrogens with zero attached hydrogens (tertiary/aromatic N) is 2. The van der Waals surface area contributed by atoms with E-state index >= 15 is 0 Å². The predicted octanol–water partition coefficient (Wildman–Crippen LogP) is 7.47. The summed E-state index contributed by atoms with van der Waals surface area (Å²) in [7, 11) is 2.05. The Kier molecular flexibility index (Phi) is 8.36. The summed E-state index contributed by atoms with van der Waals surface area (Å²) >= 11 is 8.71. The molecule has 0 amide bonds. The van der Waals surface area contributed by atoms with Crippen molar-refractivity contribution in [2.75, 3.05) is 7.05 Å². The van der Waals surface area contributed by atoms with E-state index in [0.29, 0.717) is 16.3 Å². The number of hydrogen-bond donors (Lipinski definition) is 2. The SMILES string of the molecule is C=C1C(Cl)=CC(/C(C=N)=C/N(C)C(c2ccccc2)(c2ccccc2)c2ccccc2)=CN1/C(I)=C\N. The van der Waals surface area contributed by atoms with Crippen LogP contribution >= 0.6 is 34.2 Å². The molecule has 1 aliphatic heterocycles. The zero-order valence-corrected chi connectivity index (χ0v) is 23.4. The summed E-state index contributed by atoms with van der Waals surface area (Å²) in [5, 5.41) is 8.82. The third-order valence-electron chi connectivity index (χ3n) is 6.41. The Morgan fingerprint density at radius 3 is 1.81 bits per heavy atom. The van der Waals surface area contributed by atoms with Gasteiger partial charge < -0.3 is 20.9 Å². The number of halogens is 2. The van der Waals surface area contributed by atoms with Crippen LogP contribution in [0.25, 0.3) is 0 Å². The lowest BCUT2D eigenvalue weighted by atomic mass is 9.76. The van der Waals surface area contributed by atoms with Gasteiger partial charge in [-0.3, -0.25) is 0 Å². The van der Waals surface area contributed by atoms with Gasteiger partial charge in [-0.25, -0.2) is 0 Å². The second kappa shape index (κ2) is 11.7. The van der Waals surface area contributed by atoms with Gasteiger partial charge in [-0.15, -0.1) is 0 Å². The third kappa shape index (κ3) is 5.15. The first kappa shape index (κ1) is 26.5. The number of allylic oxidation sites excluding steroid dienone is 4. The van der Waals surface area contributed by atoms with Gasteiger partial charge in [-0.05, 0) is 45.4 Å². The van der Waals surface area contributed by atoms with E-state index in [0.717, 1.165) is 26.0 Å². The van der Waals surface area contributed by atoms with Crippen molar-refractivity contribution < 1.29 is 0 Å². The summed E-state index contributed by atoms with van der Waals surface area (Å²) in [6, 6.07) is 31.3. The van der Waals surface area contributed by atoms with E-state index in [4.69, 9.17) is 22.7 Å². The molecule has 3 N–H and O–H groups in total. The van der Waals surface area contributed by atoms with Crippen molar-refractivity contribution in [1.29, 1.82) is 5.41 Å². The van der Waals surface area contributed by atoms with E-state index in [-0.39, 0.29) is 0 Å². The Balaban J connectivity index is 1.96. The Labute approximate surface area is 237 Å². The summed E-state index contributed by atoms with van der Waals surface area (Å²) in [4.78, 5) is 4.00. The maximum absolute atomic E-state index is 8.33. The van der Waals surface area contributed by atoms with Gasteiger partial charge in [0.05, 0.1) is 10.7 Å². The molecule has 186 valence electrons. The number of nitrogens with two attached hydrogens (primary N) is 1. The second-order valence-electron chi connectivity index (χ2n) is 8.53.